The number of halogens is 2. The maximum absolute atomic E-state index is 13.5. The normalized spacial score (nSPS) is 20.8. The zero-order valence-electron chi connectivity index (χ0n) is 13.0. The number of hydrogen-bond donors (Lipinski definition) is 2. The molecule has 7 heteroatoms. The molecular weight excluding hydrogens is 306 g/mol. The SMILES string of the molecule is CCOC(=O)[C@@H]1CCC[NH+](CC(=O)Nc2c(F)cccc2F)C1. The van der Waals surface area contributed by atoms with E-state index < -0.39 is 23.2 Å². The summed E-state index contributed by atoms with van der Waals surface area (Å²) >= 11 is 0. The molecule has 0 bridgehead atoms. The van der Waals surface area contributed by atoms with E-state index in [-0.39, 0.29) is 18.4 Å². The molecule has 0 saturated carbocycles. The van der Waals surface area contributed by atoms with Gasteiger partial charge in [-0.1, -0.05) is 6.07 Å². The van der Waals surface area contributed by atoms with Crippen molar-refractivity contribution in [1.29, 1.82) is 0 Å². The summed E-state index contributed by atoms with van der Waals surface area (Å²) in [6.07, 6.45) is 1.55. The van der Waals surface area contributed by atoms with Crippen LogP contribution in [0.1, 0.15) is 19.8 Å². The monoisotopic (exact) mass is 327 g/mol. The number of likely N-dealkylation sites (tertiary alicyclic amines) is 1. The Morgan fingerprint density at radius 1 is 1.35 bits per heavy atom. The highest BCUT2D eigenvalue weighted by Crippen LogP contribution is 2.17. The van der Waals surface area contributed by atoms with Crippen LogP contribution >= 0.6 is 0 Å². The van der Waals surface area contributed by atoms with Crippen LogP contribution in [0, 0.1) is 17.6 Å². The number of quaternary nitrogens is 1. The first-order valence-electron chi connectivity index (χ1n) is 7.75. The maximum Gasteiger partial charge on any atom is 0.314 e. The van der Waals surface area contributed by atoms with Crippen molar-refractivity contribution < 1.29 is 28.0 Å². The Hall–Kier alpha value is -2.02. The molecule has 126 valence electrons. The number of rotatable bonds is 5. The Bertz CT molecular complexity index is 560. The molecule has 1 aromatic carbocycles. The molecule has 2 rings (SSSR count). The van der Waals surface area contributed by atoms with Crippen molar-refractivity contribution in [2.45, 2.75) is 19.8 Å². The zero-order valence-corrected chi connectivity index (χ0v) is 13.0. The van der Waals surface area contributed by atoms with Crippen LogP contribution < -0.4 is 10.2 Å². The Kier molecular flexibility index (Phi) is 6.04. The number of amides is 1. The first kappa shape index (κ1) is 17.3. The molecule has 23 heavy (non-hydrogen) atoms. The number of benzene rings is 1. The van der Waals surface area contributed by atoms with E-state index in [9.17, 15) is 18.4 Å². The third kappa shape index (κ3) is 4.72. The van der Waals surface area contributed by atoms with Gasteiger partial charge in [0, 0.05) is 0 Å². The number of hydrogen-bond acceptors (Lipinski definition) is 3. The average Bonchev–Trinajstić information content (AvgIpc) is 2.51. The fraction of sp³-hybridized carbons (Fsp3) is 0.500. The van der Waals surface area contributed by atoms with Crippen molar-refractivity contribution in [2.24, 2.45) is 5.92 Å². The minimum Gasteiger partial charge on any atom is -0.466 e. The number of nitrogens with one attached hydrogen (secondary N) is 2. The topological polar surface area (TPSA) is 59.8 Å². The first-order chi connectivity index (χ1) is 11.0. The number of carbonyl (C=O) groups excluding carboxylic acids is 2. The zero-order chi connectivity index (χ0) is 16.8. The van der Waals surface area contributed by atoms with E-state index >= 15 is 0 Å². The molecule has 1 heterocycles. The minimum atomic E-state index is -0.809. The van der Waals surface area contributed by atoms with Gasteiger partial charge in [-0.2, -0.15) is 0 Å². The third-order valence-corrected chi connectivity index (χ3v) is 3.88. The van der Waals surface area contributed by atoms with Crippen LogP contribution in [-0.4, -0.2) is 38.1 Å². The third-order valence-electron chi connectivity index (χ3n) is 3.88. The van der Waals surface area contributed by atoms with E-state index in [1.165, 1.54) is 6.07 Å². The van der Waals surface area contributed by atoms with Crippen LogP contribution in [-0.2, 0) is 14.3 Å². The Balaban J connectivity index is 1.91. The van der Waals surface area contributed by atoms with Crippen LogP contribution in [0.5, 0.6) is 0 Å². The van der Waals surface area contributed by atoms with E-state index in [4.69, 9.17) is 4.74 Å². The summed E-state index contributed by atoms with van der Waals surface area (Å²) in [6, 6.07) is 3.41. The van der Waals surface area contributed by atoms with Gasteiger partial charge in [0.1, 0.15) is 23.2 Å². The highest BCUT2D eigenvalue weighted by Gasteiger charge is 2.31. The van der Waals surface area contributed by atoms with Gasteiger partial charge in [0.15, 0.2) is 6.54 Å². The summed E-state index contributed by atoms with van der Waals surface area (Å²) in [4.78, 5) is 24.7. The molecule has 5 nitrogen and oxygen atoms in total. The van der Waals surface area contributed by atoms with E-state index in [0.29, 0.717) is 13.2 Å². The molecular formula is C16H21F2N2O3+. The number of piperidine rings is 1. The van der Waals surface area contributed by atoms with Gasteiger partial charge >= 0.3 is 5.97 Å². The molecule has 1 fully saturated rings. The van der Waals surface area contributed by atoms with Crippen LogP contribution in [0.15, 0.2) is 18.2 Å². The summed E-state index contributed by atoms with van der Waals surface area (Å²) in [6.45, 7) is 3.37. The first-order valence-corrected chi connectivity index (χ1v) is 7.75. The molecule has 0 aliphatic carbocycles. The molecule has 1 amide bonds. The van der Waals surface area contributed by atoms with Crippen LogP contribution in [0.4, 0.5) is 14.5 Å². The number of para-hydroxylation sites is 1. The van der Waals surface area contributed by atoms with Crippen molar-refractivity contribution in [1.82, 2.24) is 0 Å². The van der Waals surface area contributed by atoms with Crippen molar-refractivity contribution in [2.75, 3.05) is 31.6 Å². The highest BCUT2D eigenvalue weighted by molar-refractivity contribution is 5.91. The molecule has 1 aliphatic rings. The summed E-state index contributed by atoms with van der Waals surface area (Å²) in [5, 5.41) is 2.27. The number of ether oxygens (including phenoxy) is 1. The smallest absolute Gasteiger partial charge is 0.314 e. The number of anilines is 1. The lowest BCUT2D eigenvalue weighted by Gasteiger charge is -2.28. The van der Waals surface area contributed by atoms with E-state index in [2.05, 4.69) is 5.32 Å². The second kappa shape index (κ2) is 8.01. The van der Waals surface area contributed by atoms with Gasteiger partial charge < -0.3 is 15.0 Å². The lowest BCUT2D eigenvalue weighted by Crippen LogP contribution is -3.14. The van der Waals surface area contributed by atoms with Crippen molar-refractivity contribution >= 4 is 17.6 Å². The number of carbonyl (C=O) groups is 2. The molecule has 1 saturated heterocycles. The van der Waals surface area contributed by atoms with Gasteiger partial charge in [-0.15, -0.1) is 0 Å². The van der Waals surface area contributed by atoms with Gasteiger partial charge in [-0.05, 0) is 31.9 Å². The van der Waals surface area contributed by atoms with E-state index in [0.717, 1.165) is 36.4 Å². The molecule has 0 radical (unpaired) electrons. The largest absolute Gasteiger partial charge is 0.466 e. The minimum absolute atomic E-state index is 0.0592. The molecule has 0 spiro atoms. The van der Waals surface area contributed by atoms with Crippen LogP contribution in [0.2, 0.25) is 0 Å². The van der Waals surface area contributed by atoms with Crippen molar-refractivity contribution in [3.63, 3.8) is 0 Å². The molecule has 2 N–H and O–H groups in total. The number of esters is 1. The Labute approximate surface area is 133 Å². The fourth-order valence-corrected chi connectivity index (χ4v) is 2.80. The van der Waals surface area contributed by atoms with Gasteiger partial charge in [0.05, 0.1) is 19.7 Å². The van der Waals surface area contributed by atoms with Crippen molar-refractivity contribution in [3.8, 4) is 0 Å². The highest BCUT2D eigenvalue weighted by atomic mass is 19.1. The summed E-state index contributed by atoms with van der Waals surface area (Å²) in [5.74, 6) is -2.57. The Morgan fingerprint density at radius 2 is 2.04 bits per heavy atom. The van der Waals surface area contributed by atoms with Crippen LogP contribution in [0.25, 0.3) is 0 Å². The lowest BCUT2D eigenvalue weighted by atomic mass is 9.98. The van der Waals surface area contributed by atoms with E-state index in [1.807, 2.05) is 0 Å². The fourth-order valence-electron chi connectivity index (χ4n) is 2.80. The van der Waals surface area contributed by atoms with Gasteiger partial charge in [-0.25, -0.2) is 8.78 Å². The van der Waals surface area contributed by atoms with Crippen LogP contribution in [0.3, 0.4) is 0 Å². The summed E-state index contributed by atoms with van der Waals surface area (Å²) < 4.78 is 32.0. The molecule has 2 atom stereocenters. The summed E-state index contributed by atoms with van der Waals surface area (Å²) in [5.41, 5.74) is -0.434. The maximum atomic E-state index is 13.5. The van der Waals surface area contributed by atoms with Gasteiger partial charge in [0.25, 0.3) is 5.91 Å². The standard InChI is InChI=1S/C16H20F2N2O3/c1-2-23-16(22)11-5-4-8-20(9-11)10-14(21)19-15-12(17)6-3-7-13(15)18/h3,6-7,11H,2,4-5,8-10H2,1H3,(H,19,21)/p+1/t11-/m1/s1. The second-order valence-corrected chi connectivity index (χ2v) is 5.62. The van der Waals surface area contributed by atoms with E-state index in [1.54, 1.807) is 6.92 Å². The quantitative estimate of drug-likeness (QED) is 0.785. The molecule has 1 unspecified atom stereocenters. The Morgan fingerprint density at radius 3 is 2.70 bits per heavy atom. The predicted molar refractivity (Wildman–Crippen MR) is 79.9 cm³/mol. The lowest BCUT2D eigenvalue weighted by molar-refractivity contribution is -0.899. The second-order valence-electron chi connectivity index (χ2n) is 5.62. The predicted octanol–water partition coefficient (Wildman–Crippen LogP) is 0.761. The van der Waals surface area contributed by atoms with Gasteiger partial charge in [0.2, 0.25) is 0 Å². The summed E-state index contributed by atoms with van der Waals surface area (Å²) in [7, 11) is 0. The van der Waals surface area contributed by atoms with Gasteiger partial charge in [-0.3, -0.25) is 9.59 Å². The average molecular weight is 327 g/mol. The molecule has 0 aromatic heterocycles. The van der Waals surface area contributed by atoms with Crippen molar-refractivity contribution in [3.05, 3.63) is 29.8 Å². The molecule has 1 aliphatic heterocycles. The molecule has 1 aromatic rings.